The summed E-state index contributed by atoms with van der Waals surface area (Å²) < 4.78 is 12.8. The van der Waals surface area contributed by atoms with Gasteiger partial charge >= 0.3 is 0 Å². The van der Waals surface area contributed by atoms with E-state index < -0.39 is 0 Å². The molecule has 2 aromatic carbocycles. The second-order valence-corrected chi connectivity index (χ2v) is 8.10. The highest BCUT2D eigenvalue weighted by Crippen LogP contribution is 2.33. The predicted octanol–water partition coefficient (Wildman–Crippen LogP) is 3.14. The van der Waals surface area contributed by atoms with Crippen LogP contribution in [0.3, 0.4) is 0 Å². The highest BCUT2D eigenvalue weighted by Gasteiger charge is 2.28. The summed E-state index contributed by atoms with van der Waals surface area (Å²) in [6.45, 7) is 8.25. The van der Waals surface area contributed by atoms with Gasteiger partial charge in [-0.3, -0.25) is 9.80 Å². The molecule has 0 amide bonds. The maximum Gasteiger partial charge on any atom is 0.231 e. The molecule has 9 heteroatoms. The Balaban J connectivity index is 0.00000245. The SMILES string of the molecule is CCC(c1nnnn1Cc1ccc2c(c1)OCO2)N1CCN(Cc2ccccc2)CC1.Cl. The quantitative estimate of drug-likeness (QED) is 0.541. The number of rotatable bonds is 7. The minimum Gasteiger partial charge on any atom is -0.454 e. The fraction of sp³-hybridized carbons (Fsp3) is 0.435. The second-order valence-electron chi connectivity index (χ2n) is 8.10. The van der Waals surface area contributed by atoms with Crippen molar-refractivity contribution in [2.24, 2.45) is 0 Å². The summed E-state index contributed by atoms with van der Waals surface area (Å²) in [7, 11) is 0. The number of benzene rings is 2. The zero-order valence-electron chi connectivity index (χ0n) is 18.3. The third-order valence-corrected chi connectivity index (χ3v) is 6.11. The summed E-state index contributed by atoms with van der Waals surface area (Å²) in [5, 5.41) is 12.7. The van der Waals surface area contributed by atoms with Gasteiger partial charge in [-0.05, 0) is 40.1 Å². The molecule has 1 saturated heterocycles. The Morgan fingerprint density at radius 1 is 0.906 bits per heavy atom. The Hall–Kier alpha value is -2.68. The minimum atomic E-state index is 0. The first-order valence-electron chi connectivity index (χ1n) is 10.9. The molecule has 2 aliphatic heterocycles. The summed E-state index contributed by atoms with van der Waals surface area (Å²) in [5.74, 6) is 2.51. The van der Waals surface area contributed by atoms with Gasteiger partial charge in [0.05, 0.1) is 12.6 Å². The van der Waals surface area contributed by atoms with Crippen molar-refractivity contribution in [1.82, 2.24) is 30.0 Å². The van der Waals surface area contributed by atoms with Crippen LogP contribution in [0, 0.1) is 0 Å². The molecule has 2 aliphatic rings. The second kappa shape index (κ2) is 10.3. The largest absolute Gasteiger partial charge is 0.454 e. The Morgan fingerprint density at radius 3 is 2.47 bits per heavy atom. The van der Waals surface area contributed by atoms with Crippen LogP contribution in [0.2, 0.25) is 0 Å². The van der Waals surface area contributed by atoms with Gasteiger partial charge in [-0.2, -0.15) is 0 Å². The average Bonchev–Trinajstić information content (AvgIpc) is 3.46. The molecule has 1 unspecified atom stereocenters. The maximum absolute atomic E-state index is 5.51. The summed E-state index contributed by atoms with van der Waals surface area (Å²) in [5.41, 5.74) is 2.47. The van der Waals surface area contributed by atoms with Crippen molar-refractivity contribution < 1.29 is 9.47 Å². The molecule has 32 heavy (non-hydrogen) atoms. The van der Waals surface area contributed by atoms with E-state index in [-0.39, 0.29) is 25.2 Å². The predicted molar refractivity (Wildman–Crippen MR) is 123 cm³/mol. The molecule has 0 radical (unpaired) electrons. The topological polar surface area (TPSA) is 68.5 Å². The Labute approximate surface area is 194 Å². The van der Waals surface area contributed by atoms with Crippen LogP contribution in [0.25, 0.3) is 0 Å². The molecule has 1 fully saturated rings. The van der Waals surface area contributed by atoms with Crippen LogP contribution >= 0.6 is 12.4 Å². The Bertz CT molecular complexity index is 1010. The Morgan fingerprint density at radius 2 is 1.69 bits per heavy atom. The molecular formula is C23H29ClN6O2. The molecule has 0 saturated carbocycles. The first-order chi connectivity index (χ1) is 15.3. The number of ether oxygens (including phenoxy) is 2. The van der Waals surface area contributed by atoms with Crippen LogP contribution in [-0.2, 0) is 13.1 Å². The number of halogens is 1. The Kier molecular flexibility index (Phi) is 7.24. The molecule has 5 rings (SSSR count). The van der Waals surface area contributed by atoms with E-state index in [1.807, 2.05) is 22.9 Å². The van der Waals surface area contributed by atoms with Crippen LogP contribution in [0.1, 0.15) is 36.3 Å². The lowest BCUT2D eigenvalue weighted by Crippen LogP contribution is -2.47. The van der Waals surface area contributed by atoms with Crippen molar-refractivity contribution in [2.75, 3.05) is 33.0 Å². The lowest BCUT2D eigenvalue weighted by molar-refractivity contribution is 0.0844. The van der Waals surface area contributed by atoms with E-state index in [0.29, 0.717) is 6.54 Å². The normalized spacial score (nSPS) is 17.2. The van der Waals surface area contributed by atoms with Crippen LogP contribution in [0.5, 0.6) is 11.5 Å². The van der Waals surface area contributed by atoms with Crippen LogP contribution in [0.15, 0.2) is 48.5 Å². The average molecular weight is 457 g/mol. The van der Waals surface area contributed by atoms with E-state index in [4.69, 9.17) is 9.47 Å². The van der Waals surface area contributed by atoms with E-state index >= 15 is 0 Å². The molecule has 1 atom stereocenters. The number of piperazine rings is 1. The van der Waals surface area contributed by atoms with Crippen LogP contribution in [0.4, 0.5) is 0 Å². The lowest BCUT2D eigenvalue weighted by Gasteiger charge is -2.38. The summed E-state index contributed by atoms with van der Waals surface area (Å²) in [6, 6.07) is 16.9. The smallest absolute Gasteiger partial charge is 0.231 e. The molecule has 170 valence electrons. The fourth-order valence-corrected chi connectivity index (χ4v) is 4.45. The first kappa shape index (κ1) is 22.5. The van der Waals surface area contributed by atoms with Crippen molar-refractivity contribution in [3.63, 3.8) is 0 Å². The van der Waals surface area contributed by atoms with Gasteiger partial charge in [-0.1, -0.05) is 43.3 Å². The standard InChI is InChI=1S/C23H28N6O2.ClH/c1-2-20(28-12-10-27(11-13-28)15-18-6-4-3-5-7-18)23-24-25-26-29(23)16-19-8-9-21-22(14-19)31-17-30-21;/h3-9,14,20H,2,10-13,15-17H2,1H3;1H. The third-order valence-electron chi connectivity index (χ3n) is 6.11. The first-order valence-corrected chi connectivity index (χ1v) is 10.9. The minimum absolute atomic E-state index is 0. The van der Waals surface area contributed by atoms with Crippen molar-refractivity contribution in [3.05, 3.63) is 65.5 Å². The zero-order valence-corrected chi connectivity index (χ0v) is 19.1. The van der Waals surface area contributed by atoms with Gasteiger partial charge in [-0.25, -0.2) is 4.68 Å². The van der Waals surface area contributed by atoms with E-state index in [9.17, 15) is 0 Å². The monoisotopic (exact) mass is 456 g/mol. The van der Waals surface area contributed by atoms with E-state index in [1.165, 1.54) is 5.56 Å². The van der Waals surface area contributed by atoms with Crippen molar-refractivity contribution in [1.29, 1.82) is 0 Å². The van der Waals surface area contributed by atoms with Crippen molar-refractivity contribution in [3.8, 4) is 11.5 Å². The third kappa shape index (κ3) is 4.87. The fourth-order valence-electron chi connectivity index (χ4n) is 4.45. The molecule has 3 aromatic rings. The molecular weight excluding hydrogens is 428 g/mol. The summed E-state index contributed by atoms with van der Waals surface area (Å²) in [4.78, 5) is 5.04. The van der Waals surface area contributed by atoms with Crippen molar-refractivity contribution in [2.45, 2.75) is 32.5 Å². The highest BCUT2D eigenvalue weighted by atomic mass is 35.5. The van der Waals surface area contributed by atoms with E-state index in [1.54, 1.807) is 0 Å². The molecule has 0 bridgehead atoms. The molecule has 0 N–H and O–H groups in total. The van der Waals surface area contributed by atoms with Gasteiger partial charge in [0, 0.05) is 32.7 Å². The van der Waals surface area contributed by atoms with Gasteiger partial charge in [0.1, 0.15) is 0 Å². The van der Waals surface area contributed by atoms with Gasteiger partial charge < -0.3 is 9.47 Å². The number of nitrogens with zero attached hydrogens (tertiary/aromatic N) is 6. The highest BCUT2D eigenvalue weighted by molar-refractivity contribution is 5.85. The van der Waals surface area contributed by atoms with Crippen LogP contribution in [-0.4, -0.2) is 63.0 Å². The number of tetrazole rings is 1. The number of aromatic nitrogens is 4. The van der Waals surface area contributed by atoms with Gasteiger partial charge in [0.25, 0.3) is 0 Å². The van der Waals surface area contributed by atoms with E-state index in [2.05, 4.69) is 62.6 Å². The number of hydrogen-bond acceptors (Lipinski definition) is 7. The van der Waals surface area contributed by atoms with Crippen molar-refractivity contribution >= 4 is 12.4 Å². The summed E-state index contributed by atoms with van der Waals surface area (Å²) in [6.07, 6.45) is 0.972. The van der Waals surface area contributed by atoms with E-state index in [0.717, 1.165) is 62.0 Å². The number of fused-ring (bicyclic) bond motifs is 1. The van der Waals surface area contributed by atoms with Gasteiger partial charge in [-0.15, -0.1) is 17.5 Å². The molecule has 1 aromatic heterocycles. The van der Waals surface area contributed by atoms with Crippen LogP contribution < -0.4 is 9.47 Å². The van der Waals surface area contributed by atoms with Gasteiger partial charge in [0.2, 0.25) is 6.79 Å². The molecule has 0 spiro atoms. The molecule has 8 nitrogen and oxygen atoms in total. The van der Waals surface area contributed by atoms with Gasteiger partial charge in [0.15, 0.2) is 17.3 Å². The maximum atomic E-state index is 5.51. The molecule has 3 heterocycles. The summed E-state index contributed by atoms with van der Waals surface area (Å²) >= 11 is 0. The zero-order chi connectivity index (χ0) is 21.0. The molecule has 0 aliphatic carbocycles. The lowest BCUT2D eigenvalue weighted by atomic mass is 10.1. The number of hydrogen-bond donors (Lipinski definition) is 0.